The molecule has 0 unspecified atom stereocenters. The van der Waals surface area contributed by atoms with Gasteiger partial charge in [-0.1, -0.05) is 16.9 Å². The van der Waals surface area contributed by atoms with Gasteiger partial charge in [0.2, 0.25) is 6.39 Å². The summed E-state index contributed by atoms with van der Waals surface area (Å²) in [6.45, 7) is 0. The van der Waals surface area contributed by atoms with Crippen molar-refractivity contribution in [3.8, 4) is 0 Å². The third-order valence-electron chi connectivity index (χ3n) is 3.56. The molecule has 0 bridgehead atoms. The van der Waals surface area contributed by atoms with Crippen LogP contribution in [0.4, 0.5) is 5.82 Å². The molecule has 8 heteroatoms. The number of aryl methyl sites for hydroxylation is 2. The van der Waals surface area contributed by atoms with Gasteiger partial charge in [0, 0.05) is 4.88 Å². The minimum Gasteiger partial charge on any atom is -0.383 e. The maximum atomic E-state index is 6.17. The van der Waals surface area contributed by atoms with E-state index in [2.05, 4.69) is 20.1 Å². The lowest BCUT2D eigenvalue weighted by Crippen LogP contribution is -2.01. The maximum Gasteiger partial charge on any atom is 0.213 e. The summed E-state index contributed by atoms with van der Waals surface area (Å²) in [6, 6.07) is 0. The Morgan fingerprint density at radius 1 is 1.29 bits per heavy atom. The number of nitrogens with two attached hydrogens (primary N) is 1. The van der Waals surface area contributed by atoms with Crippen molar-refractivity contribution in [3.63, 3.8) is 0 Å². The molecule has 0 fully saturated rings. The lowest BCUT2D eigenvalue weighted by Gasteiger charge is -2.10. The number of fused-ring (bicyclic) bond motifs is 3. The molecule has 1 aliphatic carbocycles. The van der Waals surface area contributed by atoms with Crippen LogP contribution >= 0.6 is 23.1 Å². The molecule has 108 valence electrons. The van der Waals surface area contributed by atoms with Crippen LogP contribution in [-0.4, -0.2) is 20.1 Å². The van der Waals surface area contributed by atoms with Gasteiger partial charge in [0.25, 0.3) is 0 Å². The number of nitrogens with zero attached hydrogens (tertiary/aromatic N) is 4. The molecule has 21 heavy (non-hydrogen) atoms. The SMILES string of the molecule is Nc1nc(SCc2ncon2)nc2sc3c(c12)CCCC3. The monoisotopic (exact) mass is 319 g/mol. The summed E-state index contributed by atoms with van der Waals surface area (Å²) < 4.78 is 4.71. The Morgan fingerprint density at radius 3 is 3.05 bits per heavy atom. The first-order valence-corrected chi connectivity index (χ1v) is 8.57. The van der Waals surface area contributed by atoms with Crippen molar-refractivity contribution in [1.82, 2.24) is 20.1 Å². The predicted molar refractivity (Wildman–Crippen MR) is 82.3 cm³/mol. The van der Waals surface area contributed by atoms with Crippen molar-refractivity contribution in [2.75, 3.05) is 5.73 Å². The van der Waals surface area contributed by atoms with Crippen molar-refractivity contribution in [3.05, 3.63) is 22.7 Å². The first-order chi connectivity index (χ1) is 10.3. The van der Waals surface area contributed by atoms with Crippen LogP contribution in [0, 0.1) is 0 Å². The van der Waals surface area contributed by atoms with Gasteiger partial charge in [0.1, 0.15) is 10.6 Å². The molecular formula is C13H13N5OS2. The summed E-state index contributed by atoms with van der Waals surface area (Å²) in [5, 5.41) is 5.52. The summed E-state index contributed by atoms with van der Waals surface area (Å²) in [5.41, 5.74) is 7.54. The molecule has 0 spiro atoms. The second-order valence-corrected chi connectivity index (χ2v) is 6.94. The largest absolute Gasteiger partial charge is 0.383 e. The van der Waals surface area contributed by atoms with E-state index in [1.54, 1.807) is 11.3 Å². The third-order valence-corrected chi connectivity index (χ3v) is 5.59. The first-order valence-electron chi connectivity index (χ1n) is 6.77. The summed E-state index contributed by atoms with van der Waals surface area (Å²) in [5.74, 6) is 1.80. The second kappa shape index (κ2) is 5.27. The molecule has 3 aromatic heterocycles. The van der Waals surface area contributed by atoms with E-state index in [9.17, 15) is 0 Å². The topological polar surface area (TPSA) is 90.7 Å². The van der Waals surface area contributed by atoms with Crippen molar-refractivity contribution in [2.45, 2.75) is 36.6 Å². The Bertz CT molecular complexity index is 784. The average molecular weight is 319 g/mol. The van der Waals surface area contributed by atoms with E-state index >= 15 is 0 Å². The van der Waals surface area contributed by atoms with Gasteiger partial charge in [-0.15, -0.1) is 11.3 Å². The van der Waals surface area contributed by atoms with E-state index in [0.717, 1.165) is 23.1 Å². The van der Waals surface area contributed by atoms with E-state index in [4.69, 9.17) is 10.3 Å². The zero-order chi connectivity index (χ0) is 14.2. The van der Waals surface area contributed by atoms with Crippen LogP contribution in [0.5, 0.6) is 0 Å². The highest BCUT2D eigenvalue weighted by Crippen LogP contribution is 2.38. The number of aromatic nitrogens is 4. The highest BCUT2D eigenvalue weighted by molar-refractivity contribution is 7.98. The Labute approximate surface area is 129 Å². The summed E-state index contributed by atoms with van der Waals surface area (Å²) in [6.07, 6.45) is 6.04. The number of anilines is 1. The van der Waals surface area contributed by atoms with Crippen molar-refractivity contribution in [1.29, 1.82) is 0 Å². The normalized spacial score (nSPS) is 14.5. The van der Waals surface area contributed by atoms with Crippen LogP contribution in [-0.2, 0) is 18.6 Å². The summed E-state index contributed by atoms with van der Waals surface area (Å²) >= 11 is 3.23. The van der Waals surface area contributed by atoms with Crippen LogP contribution in [0.15, 0.2) is 16.1 Å². The summed E-state index contributed by atoms with van der Waals surface area (Å²) in [7, 11) is 0. The van der Waals surface area contributed by atoms with Gasteiger partial charge in [-0.2, -0.15) is 4.98 Å². The quantitative estimate of drug-likeness (QED) is 0.586. The number of thiophene rings is 1. The van der Waals surface area contributed by atoms with E-state index in [1.807, 2.05) is 0 Å². The Hall–Kier alpha value is -1.67. The van der Waals surface area contributed by atoms with E-state index in [0.29, 0.717) is 22.6 Å². The van der Waals surface area contributed by atoms with E-state index < -0.39 is 0 Å². The minimum absolute atomic E-state index is 0.576. The predicted octanol–water partition coefficient (Wildman–Crippen LogP) is 2.83. The third kappa shape index (κ3) is 2.38. The number of hydrogen-bond acceptors (Lipinski definition) is 8. The highest BCUT2D eigenvalue weighted by atomic mass is 32.2. The Kier molecular flexibility index (Phi) is 3.27. The van der Waals surface area contributed by atoms with Gasteiger partial charge < -0.3 is 10.3 Å². The first kappa shape index (κ1) is 13.0. The molecule has 4 rings (SSSR count). The standard InChI is InChI=1S/C13H13N5OS2/c14-11-10-7-3-1-2-4-8(7)21-12(10)17-13(16-11)20-5-9-15-6-19-18-9/h6H,1-5H2,(H2,14,16,17). The van der Waals surface area contributed by atoms with Gasteiger partial charge in [-0.3, -0.25) is 0 Å². The van der Waals surface area contributed by atoms with Crippen LogP contribution in [0.25, 0.3) is 10.2 Å². The Balaban J connectivity index is 1.68. The number of thioether (sulfide) groups is 1. The lowest BCUT2D eigenvalue weighted by atomic mass is 9.97. The zero-order valence-electron chi connectivity index (χ0n) is 11.2. The Morgan fingerprint density at radius 2 is 2.19 bits per heavy atom. The van der Waals surface area contributed by atoms with Gasteiger partial charge in [-0.25, -0.2) is 9.97 Å². The van der Waals surface area contributed by atoms with Gasteiger partial charge in [-0.05, 0) is 31.2 Å². The molecule has 0 amide bonds. The fourth-order valence-corrected chi connectivity index (χ4v) is 4.65. The average Bonchev–Trinajstić information content (AvgIpc) is 3.12. The molecule has 2 N–H and O–H groups in total. The van der Waals surface area contributed by atoms with E-state index in [-0.39, 0.29) is 0 Å². The highest BCUT2D eigenvalue weighted by Gasteiger charge is 2.20. The van der Waals surface area contributed by atoms with Crippen LogP contribution in [0.3, 0.4) is 0 Å². The lowest BCUT2D eigenvalue weighted by molar-refractivity contribution is 0.412. The van der Waals surface area contributed by atoms with Crippen molar-refractivity contribution in [2.24, 2.45) is 0 Å². The molecule has 1 aliphatic rings. The van der Waals surface area contributed by atoms with E-state index in [1.165, 1.54) is 41.4 Å². The molecule has 3 aromatic rings. The van der Waals surface area contributed by atoms with Crippen LogP contribution < -0.4 is 5.73 Å². The van der Waals surface area contributed by atoms with Gasteiger partial charge in [0.15, 0.2) is 11.0 Å². The molecule has 0 atom stereocenters. The molecule has 3 heterocycles. The molecule has 0 aliphatic heterocycles. The van der Waals surface area contributed by atoms with Gasteiger partial charge in [0.05, 0.1) is 11.1 Å². The molecule has 0 radical (unpaired) electrons. The molecule has 0 saturated heterocycles. The van der Waals surface area contributed by atoms with Crippen LogP contribution in [0.2, 0.25) is 0 Å². The second-order valence-electron chi connectivity index (χ2n) is 4.92. The fourth-order valence-electron chi connectivity index (χ4n) is 2.61. The maximum absolute atomic E-state index is 6.17. The zero-order valence-corrected chi connectivity index (χ0v) is 12.8. The van der Waals surface area contributed by atoms with Crippen LogP contribution in [0.1, 0.15) is 29.1 Å². The molecule has 0 aromatic carbocycles. The molecular weight excluding hydrogens is 306 g/mol. The number of nitrogen functional groups attached to an aromatic ring is 1. The number of hydrogen-bond donors (Lipinski definition) is 1. The minimum atomic E-state index is 0.576. The smallest absolute Gasteiger partial charge is 0.213 e. The molecule has 0 saturated carbocycles. The van der Waals surface area contributed by atoms with Crippen molar-refractivity contribution >= 4 is 39.1 Å². The molecule has 6 nitrogen and oxygen atoms in total. The van der Waals surface area contributed by atoms with Crippen molar-refractivity contribution < 1.29 is 4.52 Å². The summed E-state index contributed by atoms with van der Waals surface area (Å²) in [4.78, 5) is 15.5. The fraction of sp³-hybridized carbons (Fsp3) is 0.385. The number of rotatable bonds is 3. The van der Waals surface area contributed by atoms with Gasteiger partial charge >= 0.3 is 0 Å².